The maximum atomic E-state index is 14.8. The molecule has 0 bridgehead atoms. The molecule has 2 aliphatic rings. The van der Waals surface area contributed by atoms with Crippen LogP contribution in [0.25, 0.3) is 0 Å². The van der Waals surface area contributed by atoms with Gasteiger partial charge in [-0.2, -0.15) is 5.26 Å². The molecule has 2 aromatic rings. The van der Waals surface area contributed by atoms with Gasteiger partial charge in [-0.25, -0.2) is 9.40 Å². The summed E-state index contributed by atoms with van der Waals surface area (Å²) >= 11 is 6.28. The summed E-state index contributed by atoms with van der Waals surface area (Å²) in [5.74, 6) is -2.53. The van der Waals surface area contributed by atoms with Crippen molar-refractivity contribution in [1.82, 2.24) is 15.4 Å². The highest BCUT2D eigenvalue weighted by Gasteiger charge is 2.42. The minimum Gasteiger partial charge on any atom is -0.383 e. The summed E-state index contributed by atoms with van der Waals surface area (Å²) < 4.78 is 14.8. The molecule has 1 aliphatic heterocycles. The lowest BCUT2D eigenvalue weighted by Crippen LogP contribution is -2.48. The van der Waals surface area contributed by atoms with Crippen molar-refractivity contribution in [3.05, 3.63) is 87.4 Å². The Morgan fingerprint density at radius 1 is 1.32 bits per heavy atom. The number of benzene rings is 1. The predicted octanol–water partition coefficient (Wildman–Crippen LogP) is 3.32. The number of nitrogens with two attached hydrogens (primary N) is 1. The molecular formula is C22H17ClFN5O2. The third-order valence-corrected chi connectivity index (χ3v) is 5.67. The van der Waals surface area contributed by atoms with Crippen LogP contribution in [0.2, 0.25) is 5.02 Å². The number of allylic oxidation sites excluding steroid dienone is 3. The van der Waals surface area contributed by atoms with Crippen LogP contribution in [0.1, 0.15) is 41.1 Å². The molecule has 0 radical (unpaired) electrons. The van der Waals surface area contributed by atoms with Gasteiger partial charge in [-0.1, -0.05) is 17.7 Å². The van der Waals surface area contributed by atoms with E-state index in [4.69, 9.17) is 17.3 Å². The minimum absolute atomic E-state index is 0.0182. The van der Waals surface area contributed by atoms with Gasteiger partial charge in [0.15, 0.2) is 5.78 Å². The molecule has 31 heavy (non-hydrogen) atoms. The van der Waals surface area contributed by atoms with E-state index in [-0.39, 0.29) is 45.3 Å². The number of Topliss-reactive ketones (excluding diaryl/α,β-unsaturated/α-hetero) is 1. The first-order valence-electron chi connectivity index (χ1n) is 9.55. The van der Waals surface area contributed by atoms with Gasteiger partial charge in [-0.05, 0) is 37.1 Å². The molecule has 1 amide bonds. The van der Waals surface area contributed by atoms with E-state index in [1.54, 1.807) is 12.1 Å². The maximum absolute atomic E-state index is 14.8. The summed E-state index contributed by atoms with van der Waals surface area (Å²) in [5.41, 5.74) is 9.81. The van der Waals surface area contributed by atoms with Crippen molar-refractivity contribution in [3.8, 4) is 6.07 Å². The highest BCUT2D eigenvalue weighted by Crippen LogP contribution is 2.46. The van der Waals surface area contributed by atoms with Gasteiger partial charge in [0.1, 0.15) is 11.6 Å². The van der Waals surface area contributed by atoms with Gasteiger partial charge in [0, 0.05) is 40.7 Å². The second kappa shape index (κ2) is 8.20. The lowest BCUT2D eigenvalue weighted by Gasteiger charge is -2.39. The molecule has 0 spiro atoms. The fraction of sp³-hybridized carbons (Fsp3) is 0.182. The molecule has 1 unspecified atom stereocenters. The Hall–Kier alpha value is -3.70. The summed E-state index contributed by atoms with van der Waals surface area (Å²) in [7, 11) is 0. The molecule has 0 saturated carbocycles. The third-order valence-electron chi connectivity index (χ3n) is 5.34. The van der Waals surface area contributed by atoms with Crippen molar-refractivity contribution in [2.45, 2.75) is 25.2 Å². The molecule has 3 N–H and O–H groups in total. The van der Waals surface area contributed by atoms with Crippen LogP contribution in [0.4, 0.5) is 4.39 Å². The largest absolute Gasteiger partial charge is 0.383 e. The average molecular weight is 438 g/mol. The van der Waals surface area contributed by atoms with Gasteiger partial charge >= 0.3 is 0 Å². The second-order valence-corrected chi connectivity index (χ2v) is 7.54. The SMILES string of the molecule is N#CC1=C(N)N(NC(=O)c2cccnc2)C2=C(C(=O)CCC2)C1c1c(F)cccc1Cl. The molecule has 1 aromatic heterocycles. The number of carbonyl (C=O) groups is 2. The average Bonchev–Trinajstić information content (AvgIpc) is 2.76. The fourth-order valence-electron chi connectivity index (χ4n) is 3.95. The van der Waals surface area contributed by atoms with Crippen molar-refractivity contribution in [3.63, 3.8) is 0 Å². The van der Waals surface area contributed by atoms with Crippen LogP contribution in [0.3, 0.4) is 0 Å². The summed E-state index contributed by atoms with van der Waals surface area (Å²) in [6.45, 7) is 0. The molecule has 0 fully saturated rings. The van der Waals surface area contributed by atoms with E-state index in [0.717, 1.165) is 0 Å². The molecule has 156 valence electrons. The molecular weight excluding hydrogens is 421 g/mol. The number of nitrogens with zero attached hydrogens (tertiary/aromatic N) is 3. The third kappa shape index (κ3) is 3.53. The fourth-order valence-corrected chi connectivity index (χ4v) is 4.22. The number of aromatic nitrogens is 1. The first-order chi connectivity index (χ1) is 14.9. The second-order valence-electron chi connectivity index (χ2n) is 7.13. The van der Waals surface area contributed by atoms with E-state index in [0.29, 0.717) is 18.5 Å². The van der Waals surface area contributed by atoms with E-state index >= 15 is 0 Å². The number of rotatable bonds is 3. The van der Waals surface area contributed by atoms with Gasteiger partial charge in [-0.15, -0.1) is 0 Å². The first-order valence-corrected chi connectivity index (χ1v) is 9.92. The van der Waals surface area contributed by atoms with Crippen molar-refractivity contribution >= 4 is 23.3 Å². The minimum atomic E-state index is -1.05. The molecule has 7 nitrogen and oxygen atoms in total. The zero-order valence-electron chi connectivity index (χ0n) is 16.2. The standard InChI is InChI=1S/C22H17ClFN5O2/c23-14-5-1-6-15(24)19(14)18-13(10-25)21(26)29(16-7-2-8-17(30)20(16)18)28-22(31)12-4-3-9-27-11-12/h1,3-6,9,11,18H,2,7-8,26H2,(H,28,31). The van der Waals surface area contributed by atoms with Crippen molar-refractivity contribution < 1.29 is 14.0 Å². The smallest absolute Gasteiger partial charge is 0.271 e. The van der Waals surface area contributed by atoms with E-state index in [1.165, 1.54) is 35.6 Å². The number of nitrogens with one attached hydrogen (secondary N) is 1. The number of carbonyl (C=O) groups excluding carboxylic acids is 2. The Morgan fingerprint density at radius 3 is 2.81 bits per heavy atom. The monoisotopic (exact) mass is 437 g/mol. The van der Waals surface area contributed by atoms with Crippen LogP contribution in [-0.4, -0.2) is 21.7 Å². The number of hydrazine groups is 1. The molecule has 1 aliphatic carbocycles. The van der Waals surface area contributed by atoms with Crippen LogP contribution in [-0.2, 0) is 4.79 Å². The van der Waals surface area contributed by atoms with Crippen LogP contribution in [0.15, 0.2) is 65.4 Å². The number of nitriles is 1. The van der Waals surface area contributed by atoms with Crippen LogP contribution in [0, 0.1) is 17.1 Å². The molecule has 4 rings (SSSR count). The number of halogens is 2. The van der Waals surface area contributed by atoms with Gasteiger partial charge in [-0.3, -0.25) is 20.0 Å². The zero-order chi connectivity index (χ0) is 22.1. The first kappa shape index (κ1) is 20.6. The van der Waals surface area contributed by atoms with E-state index in [1.807, 2.05) is 6.07 Å². The van der Waals surface area contributed by atoms with Gasteiger partial charge in [0.2, 0.25) is 0 Å². The molecule has 2 heterocycles. The van der Waals surface area contributed by atoms with Gasteiger partial charge < -0.3 is 5.73 Å². The number of hydrogen-bond donors (Lipinski definition) is 2. The van der Waals surface area contributed by atoms with Gasteiger partial charge in [0.05, 0.1) is 23.1 Å². The normalized spacial score (nSPS) is 18.5. The zero-order valence-corrected chi connectivity index (χ0v) is 17.0. The number of amides is 1. The van der Waals surface area contributed by atoms with E-state index < -0.39 is 17.6 Å². The summed E-state index contributed by atoms with van der Waals surface area (Å²) in [5, 5.41) is 11.2. The van der Waals surface area contributed by atoms with Crippen LogP contribution in [0.5, 0.6) is 0 Å². The lowest BCUT2D eigenvalue weighted by atomic mass is 9.76. The summed E-state index contributed by atoms with van der Waals surface area (Å²) in [4.78, 5) is 29.6. The lowest BCUT2D eigenvalue weighted by molar-refractivity contribution is -0.116. The summed E-state index contributed by atoms with van der Waals surface area (Å²) in [6.07, 6.45) is 4.10. The number of ketones is 1. The Bertz CT molecular complexity index is 1170. The van der Waals surface area contributed by atoms with Gasteiger partial charge in [0.25, 0.3) is 5.91 Å². The maximum Gasteiger partial charge on any atom is 0.271 e. The Kier molecular flexibility index (Phi) is 5.44. The van der Waals surface area contributed by atoms with Crippen LogP contribution >= 0.6 is 11.6 Å². The molecule has 1 atom stereocenters. The number of hydrogen-bond acceptors (Lipinski definition) is 6. The van der Waals surface area contributed by atoms with Crippen molar-refractivity contribution in [2.75, 3.05) is 0 Å². The Morgan fingerprint density at radius 2 is 2.13 bits per heavy atom. The van der Waals surface area contributed by atoms with Crippen molar-refractivity contribution in [1.29, 1.82) is 5.26 Å². The van der Waals surface area contributed by atoms with E-state index in [2.05, 4.69) is 10.4 Å². The van der Waals surface area contributed by atoms with Crippen molar-refractivity contribution in [2.24, 2.45) is 5.73 Å². The van der Waals surface area contributed by atoms with Crippen LogP contribution < -0.4 is 11.2 Å². The molecule has 0 saturated heterocycles. The predicted molar refractivity (Wildman–Crippen MR) is 110 cm³/mol. The van der Waals surface area contributed by atoms with E-state index in [9.17, 15) is 19.2 Å². The highest BCUT2D eigenvalue weighted by atomic mass is 35.5. The number of pyridine rings is 1. The Balaban J connectivity index is 1.87. The highest BCUT2D eigenvalue weighted by molar-refractivity contribution is 6.31. The summed E-state index contributed by atoms with van der Waals surface area (Å²) in [6, 6.07) is 9.33. The Labute approximate surface area is 182 Å². The molecule has 9 heteroatoms. The topological polar surface area (TPSA) is 112 Å². The molecule has 1 aromatic carbocycles. The quantitative estimate of drug-likeness (QED) is 0.761.